The highest BCUT2D eigenvalue weighted by Crippen LogP contribution is 2.22. The third-order valence-corrected chi connectivity index (χ3v) is 3.09. The summed E-state index contributed by atoms with van der Waals surface area (Å²) in [7, 11) is 0. The molecule has 1 aromatic rings. The van der Waals surface area contributed by atoms with E-state index in [-0.39, 0.29) is 13.2 Å². The zero-order valence-electron chi connectivity index (χ0n) is 8.87. The molecule has 90 valence electrons. The van der Waals surface area contributed by atoms with Gasteiger partial charge in [0.05, 0.1) is 13.2 Å². The van der Waals surface area contributed by atoms with Crippen molar-refractivity contribution in [3.8, 4) is 0 Å². The summed E-state index contributed by atoms with van der Waals surface area (Å²) in [5.74, 6) is 0. The summed E-state index contributed by atoms with van der Waals surface area (Å²) in [4.78, 5) is 1.95. The van der Waals surface area contributed by atoms with Crippen LogP contribution in [-0.4, -0.2) is 41.4 Å². The van der Waals surface area contributed by atoms with Crippen molar-refractivity contribution in [3.63, 3.8) is 0 Å². The van der Waals surface area contributed by atoms with E-state index in [2.05, 4.69) is 15.9 Å². The van der Waals surface area contributed by atoms with Gasteiger partial charge in [-0.15, -0.1) is 0 Å². The number of aliphatic hydroxyl groups excluding tert-OH is 2. The first-order valence-electron chi connectivity index (χ1n) is 5.05. The first-order valence-corrected chi connectivity index (χ1v) is 6.22. The summed E-state index contributed by atoms with van der Waals surface area (Å²) in [6.07, 6.45) is 0. The van der Waals surface area contributed by atoms with E-state index < -0.39 is 0 Å². The average Bonchev–Trinajstić information content (AvgIpc) is 2.23. The van der Waals surface area contributed by atoms with Gasteiger partial charge in [-0.05, 0) is 17.7 Å². The second kappa shape index (κ2) is 7.25. The van der Waals surface area contributed by atoms with Crippen molar-refractivity contribution in [1.82, 2.24) is 4.90 Å². The minimum atomic E-state index is 0.0775. The molecule has 0 atom stereocenters. The van der Waals surface area contributed by atoms with Crippen LogP contribution >= 0.6 is 27.5 Å². The zero-order chi connectivity index (χ0) is 12.0. The fraction of sp³-hybridized carbons (Fsp3) is 0.455. The normalized spacial score (nSPS) is 11.1. The summed E-state index contributed by atoms with van der Waals surface area (Å²) in [6, 6.07) is 5.71. The number of nitrogens with zero attached hydrogens (tertiary/aromatic N) is 1. The number of benzene rings is 1. The van der Waals surface area contributed by atoms with Crippen LogP contribution in [0, 0.1) is 0 Å². The molecule has 0 saturated carbocycles. The highest BCUT2D eigenvalue weighted by atomic mass is 79.9. The molecular weight excluding hydrogens is 293 g/mol. The van der Waals surface area contributed by atoms with Crippen LogP contribution in [0.5, 0.6) is 0 Å². The second-order valence-electron chi connectivity index (χ2n) is 3.46. The largest absolute Gasteiger partial charge is 0.395 e. The first kappa shape index (κ1) is 13.9. The van der Waals surface area contributed by atoms with Crippen LogP contribution in [0.2, 0.25) is 5.02 Å². The topological polar surface area (TPSA) is 43.7 Å². The predicted octanol–water partition coefficient (Wildman–Crippen LogP) is 1.89. The summed E-state index contributed by atoms with van der Waals surface area (Å²) in [6.45, 7) is 1.86. The monoisotopic (exact) mass is 307 g/mol. The molecule has 0 saturated heterocycles. The molecule has 0 radical (unpaired) electrons. The van der Waals surface area contributed by atoms with Crippen LogP contribution in [0.1, 0.15) is 5.56 Å². The Morgan fingerprint density at radius 1 is 1.19 bits per heavy atom. The molecule has 0 unspecified atom stereocenters. The van der Waals surface area contributed by atoms with Gasteiger partial charge >= 0.3 is 0 Å². The molecule has 0 aliphatic heterocycles. The van der Waals surface area contributed by atoms with Crippen LogP contribution in [-0.2, 0) is 6.54 Å². The highest BCUT2D eigenvalue weighted by Gasteiger charge is 2.07. The standard InChI is InChI=1S/C11H15BrClNO2/c12-10-2-1-9(11(13)7-10)8-14(3-5-15)4-6-16/h1-2,7,15-16H,3-6,8H2. The van der Waals surface area contributed by atoms with E-state index in [1.165, 1.54) is 0 Å². The van der Waals surface area contributed by atoms with Gasteiger partial charge in [0.1, 0.15) is 0 Å². The molecule has 0 heterocycles. The molecule has 1 rings (SSSR count). The molecule has 0 aliphatic carbocycles. The first-order chi connectivity index (χ1) is 7.67. The van der Waals surface area contributed by atoms with Gasteiger partial charge in [0, 0.05) is 29.1 Å². The van der Waals surface area contributed by atoms with Crippen molar-refractivity contribution >= 4 is 27.5 Å². The molecule has 0 aliphatic rings. The van der Waals surface area contributed by atoms with E-state index in [9.17, 15) is 0 Å². The molecule has 2 N–H and O–H groups in total. The predicted molar refractivity (Wildman–Crippen MR) is 68.6 cm³/mol. The van der Waals surface area contributed by atoms with Gasteiger partial charge in [0.25, 0.3) is 0 Å². The molecule has 1 aromatic carbocycles. The molecule has 0 spiro atoms. The molecule has 0 amide bonds. The lowest BCUT2D eigenvalue weighted by Gasteiger charge is -2.20. The fourth-order valence-corrected chi connectivity index (χ4v) is 2.18. The van der Waals surface area contributed by atoms with Crippen molar-refractivity contribution in [2.75, 3.05) is 26.3 Å². The highest BCUT2D eigenvalue weighted by molar-refractivity contribution is 9.10. The van der Waals surface area contributed by atoms with Crippen LogP contribution in [0.4, 0.5) is 0 Å². The summed E-state index contributed by atoms with van der Waals surface area (Å²) >= 11 is 9.44. The molecule has 3 nitrogen and oxygen atoms in total. The Labute approximate surface area is 109 Å². The van der Waals surface area contributed by atoms with E-state index in [0.717, 1.165) is 10.0 Å². The number of halogens is 2. The maximum Gasteiger partial charge on any atom is 0.0558 e. The Morgan fingerprint density at radius 2 is 1.81 bits per heavy atom. The minimum absolute atomic E-state index is 0.0775. The summed E-state index contributed by atoms with van der Waals surface area (Å²) in [5.41, 5.74) is 0.992. The van der Waals surface area contributed by atoms with Crippen molar-refractivity contribution in [1.29, 1.82) is 0 Å². The Balaban J connectivity index is 2.68. The van der Waals surface area contributed by atoms with Gasteiger partial charge < -0.3 is 10.2 Å². The van der Waals surface area contributed by atoms with Crippen LogP contribution in [0.15, 0.2) is 22.7 Å². The molecule has 0 bridgehead atoms. The zero-order valence-corrected chi connectivity index (χ0v) is 11.2. The Bertz CT molecular complexity index is 330. The third-order valence-electron chi connectivity index (χ3n) is 2.24. The summed E-state index contributed by atoms with van der Waals surface area (Å²) < 4.78 is 0.942. The quantitative estimate of drug-likeness (QED) is 0.843. The van der Waals surface area contributed by atoms with E-state index in [0.29, 0.717) is 24.7 Å². The molecule has 0 aromatic heterocycles. The van der Waals surface area contributed by atoms with E-state index >= 15 is 0 Å². The SMILES string of the molecule is OCCN(CCO)Cc1ccc(Br)cc1Cl. The number of hydrogen-bond acceptors (Lipinski definition) is 3. The van der Waals surface area contributed by atoms with Crippen LogP contribution in [0.25, 0.3) is 0 Å². The maximum absolute atomic E-state index is 8.89. The lowest BCUT2D eigenvalue weighted by Crippen LogP contribution is -2.29. The number of aliphatic hydroxyl groups is 2. The molecule has 5 heteroatoms. The number of hydrogen-bond donors (Lipinski definition) is 2. The van der Waals surface area contributed by atoms with Gasteiger partial charge in [-0.1, -0.05) is 33.6 Å². The van der Waals surface area contributed by atoms with Crippen molar-refractivity contribution in [3.05, 3.63) is 33.3 Å². The second-order valence-corrected chi connectivity index (χ2v) is 4.78. The van der Waals surface area contributed by atoms with Crippen molar-refractivity contribution < 1.29 is 10.2 Å². The smallest absolute Gasteiger partial charge is 0.0558 e. The molecule has 16 heavy (non-hydrogen) atoms. The Hall–Kier alpha value is -0.130. The molecule has 0 fully saturated rings. The van der Waals surface area contributed by atoms with Crippen molar-refractivity contribution in [2.24, 2.45) is 0 Å². The Morgan fingerprint density at radius 3 is 2.31 bits per heavy atom. The third kappa shape index (κ3) is 4.39. The lowest BCUT2D eigenvalue weighted by atomic mass is 10.2. The van der Waals surface area contributed by atoms with Gasteiger partial charge in [-0.25, -0.2) is 0 Å². The van der Waals surface area contributed by atoms with Crippen LogP contribution in [0.3, 0.4) is 0 Å². The van der Waals surface area contributed by atoms with Gasteiger partial charge in [-0.2, -0.15) is 0 Å². The van der Waals surface area contributed by atoms with E-state index in [1.807, 2.05) is 23.1 Å². The van der Waals surface area contributed by atoms with Gasteiger partial charge in [0.15, 0.2) is 0 Å². The van der Waals surface area contributed by atoms with Gasteiger partial charge in [-0.3, -0.25) is 4.90 Å². The van der Waals surface area contributed by atoms with Crippen molar-refractivity contribution in [2.45, 2.75) is 6.54 Å². The maximum atomic E-state index is 8.89. The van der Waals surface area contributed by atoms with Gasteiger partial charge in [0.2, 0.25) is 0 Å². The lowest BCUT2D eigenvalue weighted by molar-refractivity contribution is 0.156. The molecular formula is C11H15BrClNO2. The summed E-state index contributed by atoms with van der Waals surface area (Å²) in [5, 5.41) is 18.5. The average molecular weight is 309 g/mol. The number of rotatable bonds is 6. The minimum Gasteiger partial charge on any atom is -0.395 e. The fourth-order valence-electron chi connectivity index (χ4n) is 1.44. The Kier molecular flexibility index (Phi) is 6.31. The van der Waals surface area contributed by atoms with E-state index in [4.69, 9.17) is 21.8 Å². The van der Waals surface area contributed by atoms with E-state index in [1.54, 1.807) is 0 Å². The van der Waals surface area contributed by atoms with Crippen LogP contribution < -0.4 is 0 Å².